The summed E-state index contributed by atoms with van der Waals surface area (Å²) in [5, 5.41) is 1.52. The van der Waals surface area contributed by atoms with E-state index in [1.165, 1.54) is 11.1 Å². The molecule has 6 rings (SSSR count). The second-order valence-corrected chi connectivity index (χ2v) is 13.9. The molecule has 0 saturated heterocycles. The molecule has 0 aliphatic rings. The number of pyridine rings is 1. The van der Waals surface area contributed by atoms with Crippen molar-refractivity contribution in [3.63, 3.8) is 0 Å². The normalized spacial score (nSPS) is 15.1. The molecule has 0 spiro atoms. The molecule has 0 atom stereocenters. The summed E-state index contributed by atoms with van der Waals surface area (Å²) in [7, 11) is 1.83. The summed E-state index contributed by atoms with van der Waals surface area (Å²) in [4.78, 5) is 0. The maximum atomic E-state index is 8.37. The third-order valence-electron chi connectivity index (χ3n) is 8.51. The van der Waals surface area contributed by atoms with Crippen LogP contribution in [0.25, 0.3) is 55.4 Å². The third kappa shape index (κ3) is 5.29. The monoisotopic (exact) mass is 572 g/mol. The van der Waals surface area contributed by atoms with Crippen molar-refractivity contribution in [2.75, 3.05) is 0 Å². The van der Waals surface area contributed by atoms with Crippen LogP contribution in [-0.4, -0.2) is 0 Å². The van der Waals surface area contributed by atoms with Gasteiger partial charge in [0.2, 0.25) is 5.69 Å². The number of aromatic nitrogens is 1. The fraction of sp³-hybridized carbons (Fsp3) is 0.293. The molecule has 218 valence electrons. The lowest BCUT2D eigenvalue weighted by Crippen LogP contribution is -2.31. The lowest BCUT2D eigenvalue weighted by atomic mass is 9.79. The maximum absolute atomic E-state index is 8.37. The van der Waals surface area contributed by atoms with Crippen LogP contribution >= 0.6 is 0 Å². The SMILES string of the molecule is [2H]C([2H])([2H])c1cc(-c2cccc(-c3cc(C(C)(C)C)cc(C(C)(C)C)c3)c2)c2oc3c(-c4ccc(C([2H])([2H])[2H])c[n+]4C)c(C)ccc3c2c1. The number of aryl methyl sites for hydroxylation is 4. The number of benzene rings is 4. The number of rotatable bonds is 3. The van der Waals surface area contributed by atoms with Gasteiger partial charge in [-0.1, -0.05) is 90.1 Å². The van der Waals surface area contributed by atoms with Gasteiger partial charge in [-0.3, -0.25) is 0 Å². The second kappa shape index (κ2) is 10.2. The summed E-state index contributed by atoms with van der Waals surface area (Å²) in [6.07, 6.45) is 1.63. The number of furan rings is 1. The van der Waals surface area contributed by atoms with Gasteiger partial charge in [-0.25, -0.2) is 4.57 Å². The predicted molar refractivity (Wildman–Crippen MR) is 183 cm³/mol. The zero-order valence-corrected chi connectivity index (χ0v) is 26.4. The summed E-state index contributed by atoms with van der Waals surface area (Å²) in [6, 6.07) is 26.0. The van der Waals surface area contributed by atoms with Gasteiger partial charge < -0.3 is 4.42 Å². The Morgan fingerprint density at radius 3 is 2.00 bits per heavy atom. The molecule has 0 unspecified atom stereocenters. The quantitative estimate of drug-likeness (QED) is 0.193. The van der Waals surface area contributed by atoms with Crippen LogP contribution in [0, 0.1) is 20.6 Å². The molecule has 0 amide bonds. The van der Waals surface area contributed by atoms with Crippen molar-refractivity contribution < 1.29 is 17.2 Å². The first-order valence-corrected chi connectivity index (χ1v) is 14.9. The highest BCUT2D eigenvalue weighted by atomic mass is 16.3. The molecule has 2 nitrogen and oxygen atoms in total. The molecule has 2 aromatic heterocycles. The van der Waals surface area contributed by atoms with Gasteiger partial charge in [0, 0.05) is 36.2 Å². The highest BCUT2D eigenvalue weighted by Crippen LogP contribution is 2.42. The van der Waals surface area contributed by atoms with E-state index in [4.69, 9.17) is 12.6 Å². The Balaban J connectivity index is 1.61. The van der Waals surface area contributed by atoms with Crippen LogP contribution in [-0.2, 0) is 17.9 Å². The van der Waals surface area contributed by atoms with Crippen molar-refractivity contribution in [2.24, 2.45) is 7.05 Å². The second-order valence-electron chi connectivity index (χ2n) is 13.9. The minimum Gasteiger partial charge on any atom is -0.454 e. The van der Waals surface area contributed by atoms with E-state index in [1.54, 1.807) is 24.4 Å². The Kier molecular flexibility index (Phi) is 5.32. The topological polar surface area (TPSA) is 17.0 Å². The Bertz CT molecular complexity index is 2210. The summed E-state index contributed by atoms with van der Waals surface area (Å²) in [5.74, 6) is 0. The number of hydrogen-bond donors (Lipinski definition) is 0. The average molecular weight is 573 g/mol. The molecular formula is C41H44NO+. The van der Waals surface area contributed by atoms with E-state index in [-0.39, 0.29) is 22.0 Å². The number of hydrogen-bond acceptors (Lipinski definition) is 1. The van der Waals surface area contributed by atoms with Gasteiger partial charge >= 0.3 is 0 Å². The summed E-state index contributed by atoms with van der Waals surface area (Å²) in [6.45, 7) is 10.8. The molecule has 0 fully saturated rings. The van der Waals surface area contributed by atoms with Gasteiger partial charge in [-0.2, -0.15) is 0 Å². The first kappa shape index (κ1) is 22.4. The molecule has 0 bridgehead atoms. The Morgan fingerprint density at radius 2 is 1.35 bits per heavy atom. The molecule has 0 aliphatic carbocycles. The van der Waals surface area contributed by atoms with Gasteiger partial charge in [0.1, 0.15) is 18.2 Å². The molecule has 0 saturated carbocycles. The van der Waals surface area contributed by atoms with Crippen molar-refractivity contribution in [3.05, 3.63) is 113 Å². The van der Waals surface area contributed by atoms with Crippen LogP contribution in [0.15, 0.2) is 89.5 Å². The zero-order valence-electron chi connectivity index (χ0n) is 32.4. The van der Waals surface area contributed by atoms with Gasteiger partial charge in [0.05, 0.1) is 5.56 Å². The average Bonchev–Trinajstić information content (AvgIpc) is 3.37. The number of nitrogens with zero attached hydrogens (tertiary/aromatic N) is 1. The predicted octanol–water partition coefficient (Wildman–Crippen LogP) is 10.9. The molecular weight excluding hydrogens is 522 g/mol. The largest absolute Gasteiger partial charge is 0.454 e. The molecule has 43 heavy (non-hydrogen) atoms. The fourth-order valence-corrected chi connectivity index (χ4v) is 5.97. The highest BCUT2D eigenvalue weighted by Gasteiger charge is 2.24. The van der Waals surface area contributed by atoms with E-state index < -0.39 is 13.7 Å². The van der Waals surface area contributed by atoms with Crippen LogP contribution < -0.4 is 4.57 Å². The Labute approximate surface area is 265 Å². The van der Waals surface area contributed by atoms with E-state index in [9.17, 15) is 0 Å². The Morgan fingerprint density at radius 1 is 0.651 bits per heavy atom. The van der Waals surface area contributed by atoms with E-state index in [0.717, 1.165) is 44.3 Å². The molecule has 0 N–H and O–H groups in total. The molecule has 6 aromatic rings. The fourth-order valence-electron chi connectivity index (χ4n) is 5.97. The van der Waals surface area contributed by atoms with E-state index >= 15 is 0 Å². The first-order chi connectivity index (χ1) is 22.6. The van der Waals surface area contributed by atoms with Crippen LogP contribution in [0.5, 0.6) is 0 Å². The summed E-state index contributed by atoms with van der Waals surface area (Å²) < 4.78 is 57.3. The zero-order chi connectivity index (χ0) is 35.8. The minimum absolute atomic E-state index is 0.0400. The van der Waals surface area contributed by atoms with Crippen molar-refractivity contribution in [1.82, 2.24) is 0 Å². The van der Waals surface area contributed by atoms with Crippen LogP contribution in [0.4, 0.5) is 0 Å². The lowest BCUT2D eigenvalue weighted by Gasteiger charge is -2.26. The van der Waals surface area contributed by atoms with Gasteiger partial charge in [-0.05, 0) is 94.7 Å². The molecule has 4 aromatic carbocycles. The van der Waals surface area contributed by atoms with Gasteiger partial charge in [-0.15, -0.1) is 0 Å². The summed E-state index contributed by atoms with van der Waals surface area (Å²) in [5.41, 5.74) is 10.4. The van der Waals surface area contributed by atoms with Crippen molar-refractivity contribution in [1.29, 1.82) is 0 Å². The smallest absolute Gasteiger partial charge is 0.216 e. The van der Waals surface area contributed by atoms with Crippen molar-refractivity contribution >= 4 is 21.9 Å². The van der Waals surface area contributed by atoms with Crippen molar-refractivity contribution in [3.8, 4) is 33.5 Å². The first-order valence-electron chi connectivity index (χ1n) is 17.9. The van der Waals surface area contributed by atoms with E-state index in [2.05, 4.69) is 71.9 Å². The van der Waals surface area contributed by atoms with E-state index in [1.807, 2.05) is 48.9 Å². The summed E-state index contributed by atoms with van der Waals surface area (Å²) >= 11 is 0. The molecule has 0 radical (unpaired) electrons. The van der Waals surface area contributed by atoms with Crippen LogP contribution in [0.1, 0.15) is 77.6 Å². The molecule has 2 heteroatoms. The Hall–Kier alpha value is -4.17. The third-order valence-corrected chi connectivity index (χ3v) is 8.51. The molecule has 2 heterocycles. The minimum atomic E-state index is -2.34. The highest BCUT2D eigenvalue weighted by molar-refractivity contribution is 6.13. The maximum Gasteiger partial charge on any atom is 0.216 e. The lowest BCUT2D eigenvalue weighted by molar-refractivity contribution is -0.660. The standard InChI is InChI=1S/C41H44NO/c1-25-14-17-36(42(10)24-25)37-27(3)15-16-33-35-19-26(2)18-34(38(35)43-39(33)37)29-13-11-12-28(20-29)30-21-31(40(4,5)6)23-32(22-30)41(7,8)9/h11-24H,1-10H3/q+1/i1D3,2D3. The molecule has 0 aliphatic heterocycles. The van der Waals surface area contributed by atoms with E-state index in [0.29, 0.717) is 16.7 Å². The number of fused-ring (bicyclic) bond motifs is 3. The van der Waals surface area contributed by atoms with Crippen LogP contribution in [0.2, 0.25) is 0 Å². The van der Waals surface area contributed by atoms with Gasteiger partial charge in [0.25, 0.3) is 0 Å². The van der Waals surface area contributed by atoms with Crippen molar-refractivity contribution in [2.45, 2.75) is 73.0 Å². The van der Waals surface area contributed by atoms with Gasteiger partial charge in [0.15, 0.2) is 6.20 Å². The van der Waals surface area contributed by atoms with Crippen LogP contribution in [0.3, 0.4) is 0 Å².